The number of esters is 1. The number of imidazole rings is 1. The van der Waals surface area contributed by atoms with E-state index in [0.29, 0.717) is 13.0 Å². The van der Waals surface area contributed by atoms with Crippen LogP contribution in [0.1, 0.15) is 39.9 Å². The molecular formula is C13H22N2O2. The number of rotatable bonds is 4. The molecule has 0 aliphatic heterocycles. The number of aryl methyl sites for hydroxylation is 1. The molecule has 0 bridgehead atoms. The molecule has 0 saturated heterocycles. The monoisotopic (exact) mass is 238 g/mol. The summed E-state index contributed by atoms with van der Waals surface area (Å²) < 4.78 is 7.35. The maximum atomic E-state index is 11.6. The average molecular weight is 238 g/mol. The first kappa shape index (κ1) is 13.7. The first-order valence-electron chi connectivity index (χ1n) is 5.95. The Labute approximate surface area is 103 Å². The summed E-state index contributed by atoms with van der Waals surface area (Å²) in [6, 6.07) is 0. The number of carbonyl (C=O) groups excluding carboxylic acids is 1. The fraction of sp³-hybridized carbons (Fsp3) is 0.692. The molecular weight excluding hydrogens is 216 g/mol. The van der Waals surface area contributed by atoms with Crippen molar-refractivity contribution in [3.05, 3.63) is 18.2 Å². The van der Waals surface area contributed by atoms with Crippen LogP contribution in [0.3, 0.4) is 0 Å². The van der Waals surface area contributed by atoms with Crippen LogP contribution in [0.4, 0.5) is 0 Å². The lowest BCUT2D eigenvalue weighted by atomic mass is 9.92. The summed E-state index contributed by atoms with van der Waals surface area (Å²) in [7, 11) is 0. The molecule has 1 heterocycles. The third kappa shape index (κ3) is 5.02. The Kier molecular flexibility index (Phi) is 4.32. The van der Waals surface area contributed by atoms with Crippen molar-refractivity contribution in [2.75, 3.05) is 0 Å². The van der Waals surface area contributed by atoms with Crippen molar-refractivity contribution < 1.29 is 9.53 Å². The fourth-order valence-corrected chi connectivity index (χ4v) is 1.61. The molecule has 0 aliphatic rings. The quantitative estimate of drug-likeness (QED) is 0.757. The Morgan fingerprint density at radius 2 is 2.18 bits per heavy atom. The van der Waals surface area contributed by atoms with E-state index in [0.717, 1.165) is 5.82 Å². The summed E-state index contributed by atoms with van der Waals surface area (Å²) in [6.07, 6.45) is 3.96. The van der Waals surface area contributed by atoms with Crippen LogP contribution in [0, 0.1) is 12.3 Å². The molecule has 0 saturated carbocycles. The van der Waals surface area contributed by atoms with Gasteiger partial charge < -0.3 is 9.30 Å². The second kappa shape index (κ2) is 5.34. The van der Waals surface area contributed by atoms with Crippen LogP contribution in [0.5, 0.6) is 0 Å². The van der Waals surface area contributed by atoms with Gasteiger partial charge in [0.2, 0.25) is 0 Å². The normalized spacial score (nSPS) is 13.5. The molecule has 0 fully saturated rings. The number of ether oxygens (including phenoxy) is 1. The van der Waals surface area contributed by atoms with Crippen molar-refractivity contribution in [1.29, 1.82) is 0 Å². The van der Waals surface area contributed by atoms with Gasteiger partial charge in [0.1, 0.15) is 11.9 Å². The fourth-order valence-electron chi connectivity index (χ4n) is 1.61. The third-order valence-electron chi connectivity index (χ3n) is 2.38. The predicted molar refractivity (Wildman–Crippen MR) is 66.6 cm³/mol. The molecule has 1 rings (SSSR count). The van der Waals surface area contributed by atoms with Gasteiger partial charge in [-0.2, -0.15) is 0 Å². The predicted octanol–water partition coefficient (Wildman–Crippen LogP) is 2.56. The average Bonchev–Trinajstić information content (AvgIpc) is 2.47. The van der Waals surface area contributed by atoms with E-state index in [9.17, 15) is 4.79 Å². The number of aromatic nitrogens is 2. The van der Waals surface area contributed by atoms with Gasteiger partial charge in [0, 0.05) is 12.4 Å². The molecule has 4 nitrogen and oxygen atoms in total. The van der Waals surface area contributed by atoms with E-state index in [-0.39, 0.29) is 17.5 Å². The molecule has 0 aromatic carbocycles. The van der Waals surface area contributed by atoms with E-state index in [2.05, 4.69) is 4.98 Å². The molecule has 17 heavy (non-hydrogen) atoms. The summed E-state index contributed by atoms with van der Waals surface area (Å²) in [6.45, 7) is 10.6. The maximum Gasteiger partial charge on any atom is 0.306 e. The van der Waals surface area contributed by atoms with E-state index in [1.165, 1.54) is 0 Å². The van der Waals surface area contributed by atoms with Crippen molar-refractivity contribution in [3.63, 3.8) is 0 Å². The highest BCUT2D eigenvalue weighted by molar-refractivity contribution is 5.70. The van der Waals surface area contributed by atoms with Crippen LogP contribution in [-0.2, 0) is 16.1 Å². The van der Waals surface area contributed by atoms with Crippen molar-refractivity contribution in [2.45, 2.75) is 53.7 Å². The standard InChI is InChI=1S/C13H22N2O2/c1-10(9-15-7-6-14-11(15)2)17-12(16)8-13(3,4)5/h6-7,10H,8-9H2,1-5H3/t10-/m0/s1. The van der Waals surface area contributed by atoms with Crippen LogP contribution in [-0.4, -0.2) is 21.6 Å². The van der Waals surface area contributed by atoms with Crippen LogP contribution in [0.25, 0.3) is 0 Å². The molecule has 96 valence electrons. The van der Waals surface area contributed by atoms with E-state index in [4.69, 9.17) is 4.74 Å². The topological polar surface area (TPSA) is 44.1 Å². The third-order valence-corrected chi connectivity index (χ3v) is 2.38. The zero-order valence-corrected chi connectivity index (χ0v) is 11.4. The first-order chi connectivity index (χ1) is 7.78. The maximum absolute atomic E-state index is 11.6. The summed E-state index contributed by atoms with van der Waals surface area (Å²) in [4.78, 5) is 15.8. The summed E-state index contributed by atoms with van der Waals surface area (Å²) in [5, 5.41) is 0. The minimum absolute atomic E-state index is 0.0261. The lowest BCUT2D eigenvalue weighted by Gasteiger charge is -2.20. The Morgan fingerprint density at radius 3 is 2.65 bits per heavy atom. The molecule has 0 spiro atoms. The van der Waals surface area contributed by atoms with Gasteiger partial charge in [-0.25, -0.2) is 4.98 Å². The van der Waals surface area contributed by atoms with Crippen molar-refractivity contribution in [1.82, 2.24) is 9.55 Å². The molecule has 0 unspecified atom stereocenters. The molecule has 1 aromatic rings. The number of carbonyl (C=O) groups is 1. The van der Waals surface area contributed by atoms with Crippen LogP contribution < -0.4 is 0 Å². The zero-order chi connectivity index (χ0) is 13.1. The summed E-state index contributed by atoms with van der Waals surface area (Å²) in [5.74, 6) is 0.798. The molecule has 1 aromatic heterocycles. The van der Waals surface area contributed by atoms with Crippen molar-refractivity contribution in [3.8, 4) is 0 Å². The SMILES string of the molecule is Cc1nccn1C[C@H](C)OC(=O)CC(C)(C)C. The highest BCUT2D eigenvalue weighted by Gasteiger charge is 2.19. The molecule has 0 aliphatic carbocycles. The second-order valence-corrected chi connectivity index (χ2v) is 5.66. The van der Waals surface area contributed by atoms with Gasteiger partial charge >= 0.3 is 5.97 Å². The molecule has 0 N–H and O–H groups in total. The Morgan fingerprint density at radius 1 is 1.53 bits per heavy atom. The van der Waals surface area contributed by atoms with Gasteiger partial charge in [-0.1, -0.05) is 20.8 Å². The largest absolute Gasteiger partial charge is 0.461 e. The van der Waals surface area contributed by atoms with Crippen molar-refractivity contribution >= 4 is 5.97 Å². The van der Waals surface area contributed by atoms with Crippen LogP contribution in [0.15, 0.2) is 12.4 Å². The highest BCUT2D eigenvalue weighted by atomic mass is 16.5. The van der Waals surface area contributed by atoms with Gasteiger partial charge in [-0.15, -0.1) is 0 Å². The summed E-state index contributed by atoms with van der Waals surface area (Å²) >= 11 is 0. The van der Waals surface area contributed by atoms with E-state index in [1.54, 1.807) is 6.20 Å². The van der Waals surface area contributed by atoms with Crippen LogP contribution >= 0.6 is 0 Å². The minimum Gasteiger partial charge on any atom is -0.461 e. The van der Waals surface area contributed by atoms with Gasteiger partial charge in [0.25, 0.3) is 0 Å². The summed E-state index contributed by atoms with van der Waals surface area (Å²) in [5.41, 5.74) is -0.0261. The Bertz CT molecular complexity index is 377. The Hall–Kier alpha value is -1.32. The zero-order valence-electron chi connectivity index (χ0n) is 11.4. The van der Waals surface area contributed by atoms with E-state index in [1.807, 2.05) is 45.4 Å². The van der Waals surface area contributed by atoms with Crippen molar-refractivity contribution in [2.24, 2.45) is 5.41 Å². The smallest absolute Gasteiger partial charge is 0.306 e. The number of hydrogen-bond donors (Lipinski definition) is 0. The number of nitrogens with zero attached hydrogens (tertiary/aromatic N) is 2. The van der Waals surface area contributed by atoms with E-state index >= 15 is 0 Å². The van der Waals surface area contributed by atoms with Gasteiger partial charge in [0.15, 0.2) is 0 Å². The first-order valence-corrected chi connectivity index (χ1v) is 5.95. The molecule has 1 atom stereocenters. The van der Waals surface area contributed by atoms with Gasteiger partial charge in [-0.05, 0) is 19.3 Å². The number of hydrogen-bond acceptors (Lipinski definition) is 3. The second-order valence-electron chi connectivity index (χ2n) is 5.66. The highest BCUT2D eigenvalue weighted by Crippen LogP contribution is 2.19. The molecule has 4 heteroatoms. The lowest BCUT2D eigenvalue weighted by Crippen LogP contribution is -2.23. The van der Waals surface area contributed by atoms with Crippen LogP contribution in [0.2, 0.25) is 0 Å². The van der Waals surface area contributed by atoms with E-state index < -0.39 is 0 Å². The minimum atomic E-state index is -0.136. The lowest BCUT2D eigenvalue weighted by molar-refractivity contribution is -0.150. The van der Waals surface area contributed by atoms with Gasteiger partial charge in [0.05, 0.1) is 13.0 Å². The Balaban J connectivity index is 2.42. The molecule has 0 radical (unpaired) electrons. The van der Waals surface area contributed by atoms with Gasteiger partial charge in [-0.3, -0.25) is 4.79 Å². The molecule has 0 amide bonds.